The molecule has 0 saturated carbocycles. The van der Waals surface area contributed by atoms with E-state index in [9.17, 15) is 8.42 Å². The molecule has 0 aromatic carbocycles. The number of nitrogens with zero attached hydrogens (tertiary/aromatic N) is 3. The zero-order valence-electron chi connectivity index (χ0n) is 13.4. The lowest BCUT2D eigenvalue weighted by atomic mass is 10.4. The maximum atomic E-state index is 11.3. The molecule has 0 atom stereocenters. The van der Waals surface area contributed by atoms with Crippen LogP contribution in [0.1, 0.15) is 12.6 Å². The number of aliphatic imine (C=N–C) groups is 1. The summed E-state index contributed by atoms with van der Waals surface area (Å²) in [6.45, 7) is 3.12. The van der Waals surface area contributed by atoms with E-state index in [1.165, 1.54) is 0 Å². The Morgan fingerprint density at radius 3 is 2.64 bits per heavy atom. The first-order valence-electron chi connectivity index (χ1n) is 6.99. The Morgan fingerprint density at radius 1 is 1.45 bits per heavy atom. The number of nitrogens with one attached hydrogen (secondary N) is 2. The van der Waals surface area contributed by atoms with E-state index in [4.69, 9.17) is 0 Å². The third kappa shape index (κ3) is 5.98. The van der Waals surface area contributed by atoms with Crippen molar-refractivity contribution < 1.29 is 8.42 Å². The van der Waals surface area contributed by atoms with Gasteiger partial charge in [0.2, 0.25) is 10.0 Å². The minimum absolute atomic E-state index is 0.0873. The number of aryl methyl sites for hydroxylation is 1. The molecule has 0 unspecified atom stereocenters. The molecular weight excluding hydrogens is 370 g/mol. The van der Waals surface area contributed by atoms with Crippen LogP contribution < -0.4 is 10.0 Å². The lowest BCUT2D eigenvalue weighted by Crippen LogP contribution is -2.42. The van der Waals surface area contributed by atoms with E-state index in [1.54, 1.807) is 14.0 Å². The highest BCUT2D eigenvalue weighted by Gasteiger charge is 2.10. The number of hydrogen-bond acceptors (Lipinski definition) is 3. The molecule has 0 fully saturated rings. The number of halogens is 1. The molecule has 9 heteroatoms. The van der Waals surface area contributed by atoms with Gasteiger partial charge in [-0.25, -0.2) is 13.1 Å². The Bertz CT molecular complexity index is 612. The Hall–Kier alpha value is -1.06. The summed E-state index contributed by atoms with van der Waals surface area (Å²) in [4.78, 5) is 6.19. The highest BCUT2D eigenvalue weighted by Crippen LogP contribution is 2.14. The van der Waals surface area contributed by atoms with Gasteiger partial charge in [0.05, 0.1) is 12.3 Å². The number of rotatable bonds is 7. The maximum absolute atomic E-state index is 11.3. The monoisotopic (exact) mass is 393 g/mol. The topological polar surface area (TPSA) is 78.7 Å². The van der Waals surface area contributed by atoms with E-state index >= 15 is 0 Å². The molecule has 7 nitrogen and oxygen atoms in total. The molecule has 0 aliphatic carbocycles. The van der Waals surface area contributed by atoms with Crippen LogP contribution >= 0.6 is 15.9 Å². The second-order valence-corrected chi connectivity index (χ2v) is 7.90. The fourth-order valence-corrected chi connectivity index (χ4v) is 3.10. The van der Waals surface area contributed by atoms with Gasteiger partial charge in [-0.05, 0) is 28.9 Å². The lowest BCUT2D eigenvalue weighted by molar-refractivity contribution is 0.462. The normalized spacial score (nSPS) is 12.5. The van der Waals surface area contributed by atoms with E-state index in [0.29, 0.717) is 25.6 Å². The molecule has 1 rings (SSSR count). The molecule has 0 aliphatic heterocycles. The van der Waals surface area contributed by atoms with Crippen LogP contribution in [0, 0.1) is 0 Å². The van der Waals surface area contributed by atoms with Gasteiger partial charge in [-0.3, -0.25) is 4.99 Å². The van der Waals surface area contributed by atoms with Crippen molar-refractivity contribution in [3.05, 3.63) is 22.4 Å². The van der Waals surface area contributed by atoms with Crippen LogP contribution in [0.15, 0.2) is 21.7 Å². The van der Waals surface area contributed by atoms with Gasteiger partial charge < -0.3 is 14.8 Å². The van der Waals surface area contributed by atoms with Crippen molar-refractivity contribution >= 4 is 31.9 Å². The number of aromatic nitrogens is 1. The van der Waals surface area contributed by atoms with Crippen molar-refractivity contribution in [1.29, 1.82) is 0 Å². The summed E-state index contributed by atoms with van der Waals surface area (Å²) in [5, 5.41) is 3.14. The minimum atomic E-state index is -3.15. The summed E-state index contributed by atoms with van der Waals surface area (Å²) in [5.41, 5.74) is 1.14. The molecule has 0 bridgehead atoms. The molecule has 22 heavy (non-hydrogen) atoms. The van der Waals surface area contributed by atoms with E-state index < -0.39 is 10.0 Å². The van der Waals surface area contributed by atoms with Crippen molar-refractivity contribution in [2.45, 2.75) is 13.5 Å². The largest absolute Gasteiger partial charge is 0.355 e. The summed E-state index contributed by atoms with van der Waals surface area (Å²) in [6, 6.07) is 2.05. The average Bonchev–Trinajstić information content (AvgIpc) is 2.76. The first kappa shape index (κ1) is 19.0. The van der Waals surface area contributed by atoms with Crippen LogP contribution in [0.3, 0.4) is 0 Å². The zero-order chi connectivity index (χ0) is 16.8. The summed E-state index contributed by atoms with van der Waals surface area (Å²) in [6.07, 6.45) is 2.00. The predicted octanol–water partition coefficient (Wildman–Crippen LogP) is 0.734. The summed E-state index contributed by atoms with van der Waals surface area (Å²) in [5.74, 6) is 0.803. The van der Waals surface area contributed by atoms with Crippen LogP contribution in [0.4, 0.5) is 0 Å². The smallest absolute Gasteiger partial charge is 0.211 e. The van der Waals surface area contributed by atoms with Crippen LogP contribution in [0.5, 0.6) is 0 Å². The van der Waals surface area contributed by atoms with E-state index in [0.717, 1.165) is 10.2 Å². The van der Waals surface area contributed by atoms with Crippen LogP contribution in [-0.4, -0.2) is 56.8 Å². The maximum Gasteiger partial charge on any atom is 0.211 e. The molecule has 0 amide bonds. The van der Waals surface area contributed by atoms with Crippen molar-refractivity contribution in [2.75, 3.05) is 32.9 Å². The van der Waals surface area contributed by atoms with Gasteiger partial charge in [0.15, 0.2) is 5.96 Å². The quantitative estimate of drug-likeness (QED) is 0.406. The summed E-state index contributed by atoms with van der Waals surface area (Å²) in [7, 11) is 2.48. The fourth-order valence-electron chi connectivity index (χ4n) is 1.91. The molecule has 0 saturated heterocycles. The van der Waals surface area contributed by atoms with Crippen molar-refractivity contribution in [3.8, 4) is 0 Å². The molecule has 0 spiro atoms. The highest BCUT2D eigenvalue weighted by molar-refractivity contribution is 9.10. The molecule has 0 aliphatic rings. The van der Waals surface area contributed by atoms with Crippen molar-refractivity contribution in [3.63, 3.8) is 0 Å². The first-order valence-corrected chi connectivity index (χ1v) is 9.43. The van der Waals surface area contributed by atoms with Crippen LogP contribution in [0.25, 0.3) is 0 Å². The van der Waals surface area contributed by atoms with Gasteiger partial charge in [-0.15, -0.1) is 0 Å². The molecule has 1 aromatic heterocycles. The zero-order valence-corrected chi connectivity index (χ0v) is 15.8. The van der Waals surface area contributed by atoms with Crippen LogP contribution in [0.2, 0.25) is 0 Å². The van der Waals surface area contributed by atoms with E-state index in [-0.39, 0.29) is 5.75 Å². The van der Waals surface area contributed by atoms with E-state index in [2.05, 4.69) is 37.0 Å². The standard InChI is InChI=1S/C13H24BrN5O2S/c1-5-22(20,21)17-7-6-16-13(15-2)19(4)10-12-8-11(14)9-18(12)3/h8-9,17H,5-7,10H2,1-4H3,(H,15,16). The third-order valence-electron chi connectivity index (χ3n) is 3.16. The fraction of sp³-hybridized carbons (Fsp3) is 0.615. The van der Waals surface area contributed by atoms with Gasteiger partial charge in [-0.1, -0.05) is 0 Å². The summed E-state index contributed by atoms with van der Waals surface area (Å²) >= 11 is 3.45. The highest BCUT2D eigenvalue weighted by atomic mass is 79.9. The van der Waals surface area contributed by atoms with Crippen LogP contribution in [-0.2, 0) is 23.6 Å². The predicted molar refractivity (Wildman–Crippen MR) is 93.4 cm³/mol. The van der Waals surface area contributed by atoms with Crippen molar-refractivity contribution in [2.24, 2.45) is 12.0 Å². The molecule has 0 radical (unpaired) electrons. The van der Waals surface area contributed by atoms with Gasteiger partial charge in [0.1, 0.15) is 0 Å². The molecule has 1 heterocycles. The SMILES string of the molecule is CCS(=O)(=O)NCCNC(=NC)N(C)Cc1cc(Br)cn1C. The van der Waals surface area contributed by atoms with Gasteiger partial charge in [0, 0.05) is 50.6 Å². The molecule has 2 N–H and O–H groups in total. The minimum Gasteiger partial charge on any atom is -0.355 e. The third-order valence-corrected chi connectivity index (χ3v) is 4.99. The second-order valence-electron chi connectivity index (χ2n) is 4.89. The second kappa shape index (κ2) is 8.54. The number of hydrogen-bond donors (Lipinski definition) is 2. The molecule has 1 aromatic rings. The Labute approximate surface area is 141 Å². The Balaban J connectivity index is 2.49. The first-order chi connectivity index (χ1) is 10.3. The van der Waals surface area contributed by atoms with Crippen molar-refractivity contribution in [1.82, 2.24) is 19.5 Å². The number of guanidine groups is 1. The Morgan fingerprint density at radius 2 is 2.14 bits per heavy atom. The van der Waals surface area contributed by atoms with Gasteiger partial charge in [-0.2, -0.15) is 0 Å². The molecular formula is C13H24BrN5O2S. The number of sulfonamides is 1. The van der Waals surface area contributed by atoms with E-state index in [1.807, 2.05) is 29.8 Å². The van der Waals surface area contributed by atoms with Gasteiger partial charge >= 0.3 is 0 Å². The van der Waals surface area contributed by atoms with Gasteiger partial charge in [0.25, 0.3) is 0 Å². The average molecular weight is 394 g/mol. The lowest BCUT2D eigenvalue weighted by Gasteiger charge is -2.22. The Kier molecular flexibility index (Phi) is 7.37. The summed E-state index contributed by atoms with van der Waals surface area (Å²) < 4.78 is 28.3. The molecule has 126 valence electrons.